The lowest BCUT2D eigenvalue weighted by Crippen LogP contribution is -2.15. The molecule has 0 saturated heterocycles. The van der Waals surface area contributed by atoms with Crippen LogP contribution in [0.1, 0.15) is 6.92 Å². The Morgan fingerprint density at radius 2 is 1.85 bits per heavy atom. The highest BCUT2D eigenvalue weighted by Gasteiger charge is 2.15. The van der Waals surface area contributed by atoms with Crippen LogP contribution in [0.25, 0.3) is 11.4 Å². The summed E-state index contributed by atoms with van der Waals surface area (Å²) >= 11 is 13.3. The van der Waals surface area contributed by atoms with Crippen molar-refractivity contribution in [3.63, 3.8) is 0 Å². The van der Waals surface area contributed by atoms with Gasteiger partial charge in [0.2, 0.25) is 5.91 Å². The number of rotatable bonds is 6. The zero-order valence-electron chi connectivity index (χ0n) is 13.9. The molecule has 0 bridgehead atoms. The van der Waals surface area contributed by atoms with E-state index in [2.05, 4.69) is 15.5 Å². The number of para-hydroxylation sites is 1. The minimum atomic E-state index is -0.151. The van der Waals surface area contributed by atoms with E-state index < -0.39 is 0 Å². The number of hydrogen-bond donors (Lipinski definition) is 1. The van der Waals surface area contributed by atoms with Crippen LogP contribution in [0.5, 0.6) is 0 Å². The highest BCUT2D eigenvalue weighted by Crippen LogP contribution is 2.26. The van der Waals surface area contributed by atoms with Crippen molar-refractivity contribution in [1.82, 2.24) is 14.8 Å². The molecule has 26 heavy (non-hydrogen) atoms. The summed E-state index contributed by atoms with van der Waals surface area (Å²) in [6.45, 7) is 2.70. The maximum Gasteiger partial charge on any atom is 0.234 e. The topological polar surface area (TPSA) is 59.8 Å². The number of halogens is 2. The first kappa shape index (κ1) is 18.8. The van der Waals surface area contributed by atoms with E-state index in [1.54, 1.807) is 12.1 Å². The molecule has 134 valence electrons. The molecular formula is C18H16Cl2N4OS. The van der Waals surface area contributed by atoms with E-state index in [0.717, 1.165) is 11.4 Å². The number of thioether (sulfide) groups is 1. The molecule has 0 spiro atoms. The molecule has 0 atom stereocenters. The number of anilines is 1. The van der Waals surface area contributed by atoms with Crippen molar-refractivity contribution >= 4 is 46.6 Å². The maximum atomic E-state index is 12.2. The molecule has 0 radical (unpaired) electrons. The summed E-state index contributed by atoms with van der Waals surface area (Å²) in [6.07, 6.45) is 0. The van der Waals surface area contributed by atoms with E-state index in [1.165, 1.54) is 11.8 Å². The van der Waals surface area contributed by atoms with Gasteiger partial charge in [-0.15, -0.1) is 10.2 Å². The Morgan fingerprint density at radius 1 is 1.12 bits per heavy atom. The number of nitrogens with one attached hydrogen (secondary N) is 1. The third-order valence-corrected chi connectivity index (χ3v) is 5.16. The predicted octanol–water partition coefficient (Wildman–Crippen LogP) is 5.00. The first-order valence-electron chi connectivity index (χ1n) is 7.94. The van der Waals surface area contributed by atoms with Gasteiger partial charge in [0.25, 0.3) is 0 Å². The van der Waals surface area contributed by atoms with Crippen LogP contribution in [0.15, 0.2) is 53.7 Å². The SMILES string of the molecule is CCn1c(SCC(=O)Nc2ccccc2Cl)nnc1-c1ccc(Cl)cc1. The number of amides is 1. The number of benzene rings is 2. The van der Waals surface area contributed by atoms with Crippen LogP contribution in [-0.4, -0.2) is 26.4 Å². The minimum Gasteiger partial charge on any atom is -0.324 e. The summed E-state index contributed by atoms with van der Waals surface area (Å²) in [7, 11) is 0. The highest BCUT2D eigenvalue weighted by atomic mass is 35.5. The Bertz CT molecular complexity index is 912. The van der Waals surface area contributed by atoms with Gasteiger partial charge >= 0.3 is 0 Å². The second-order valence-electron chi connectivity index (χ2n) is 5.37. The standard InChI is InChI=1S/C18H16Cl2N4OS/c1-2-24-17(12-7-9-13(19)10-8-12)22-23-18(24)26-11-16(25)21-15-6-4-3-5-14(15)20/h3-10H,2,11H2,1H3,(H,21,25). The lowest BCUT2D eigenvalue weighted by Gasteiger charge is -2.08. The molecule has 2 aromatic carbocycles. The average Bonchev–Trinajstić information content (AvgIpc) is 3.05. The Kier molecular flexibility index (Phi) is 6.19. The van der Waals surface area contributed by atoms with Crippen LogP contribution in [0.3, 0.4) is 0 Å². The fourth-order valence-electron chi connectivity index (χ4n) is 2.37. The molecule has 0 saturated carbocycles. The van der Waals surface area contributed by atoms with Gasteiger partial charge < -0.3 is 9.88 Å². The quantitative estimate of drug-likeness (QED) is 0.584. The van der Waals surface area contributed by atoms with Crippen molar-refractivity contribution < 1.29 is 4.79 Å². The number of carbonyl (C=O) groups is 1. The van der Waals surface area contributed by atoms with Crippen molar-refractivity contribution in [1.29, 1.82) is 0 Å². The second-order valence-corrected chi connectivity index (χ2v) is 7.16. The van der Waals surface area contributed by atoms with Crippen molar-refractivity contribution in [3.8, 4) is 11.4 Å². The molecule has 0 aliphatic heterocycles. The van der Waals surface area contributed by atoms with Gasteiger partial charge in [0.15, 0.2) is 11.0 Å². The van der Waals surface area contributed by atoms with Gasteiger partial charge in [0.1, 0.15) is 0 Å². The molecule has 0 unspecified atom stereocenters. The van der Waals surface area contributed by atoms with E-state index >= 15 is 0 Å². The summed E-state index contributed by atoms with van der Waals surface area (Å²) in [5, 5.41) is 13.1. The minimum absolute atomic E-state index is 0.151. The van der Waals surface area contributed by atoms with Crippen LogP contribution < -0.4 is 5.32 Å². The fourth-order valence-corrected chi connectivity index (χ4v) is 3.48. The molecule has 0 aliphatic rings. The molecule has 8 heteroatoms. The van der Waals surface area contributed by atoms with Crippen LogP contribution in [-0.2, 0) is 11.3 Å². The summed E-state index contributed by atoms with van der Waals surface area (Å²) in [4.78, 5) is 12.2. The fraction of sp³-hybridized carbons (Fsp3) is 0.167. The van der Waals surface area contributed by atoms with Crippen molar-refractivity contribution in [2.75, 3.05) is 11.1 Å². The van der Waals surface area contributed by atoms with Gasteiger partial charge in [-0.05, 0) is 43.3 Å². The van der Waals surface area contributed by atoms with E-state index in [9.17, 15) is 4.79 Å². The van der Waals surface area contributed by atoms with E-state index in [4.69, 9.17) is 23.2 Å². The monoisotopic (exact) mass is 406 g/mol. The lowest BCUT2D eigenvalue weighted by atomic mass is 10.2. The van der Waals surface area contributed by atoms with Gasteiger partial charge in [-0.3, -0.25) is 4.79 Å². The van der Waals surface area contributed by atoms with Crippen LogP contribution in [0.2, 0.25) is 10.0 Å². The summed E-state index contributed by atoms with van der Waals surface area (Å²) in [6, 6.07) is 14.6. The normalized spacial score (nSPS) is 10.7. The summed E-state index contributed by atoms with van der Waals surface area (Å²) in [5.74, 6) is 0.809. The predicted molar refractivity (Wildman–Crippen MR) is 107 cm³/mol. The molecule has 1 amide bonds. The van der Waals surface area contributed by atoms with E-state index in [-0.39, 0.29) is 11.7 Å². The van der Waals surface area contributed by atoms with Crippen LogP contribution in [0.4, 0.5) is 5.69 Å². The second kappa shape index (κ2) is 8.58. The molecule has 3 aromatic rings. The van der Waals surface area contributed by atoms with Gasteiger partial charge in [0.05, 0.1) is 16.5 Å². The molecule has 1 heterocycles. The van der Waals surface area contributed by atoms with Gasteiger partial charge in [0, 0.05) is 17.1 Å². The average molecular weight is 407 g/mol. The Balaban J connectivity index is 1.69. The lowest BCUT2D eigenvalue weighted by molar-refractivity contribution is -0.113. The van der Waals surface area contributed by atoms with E-state index in [1.807, 2.05) is 47.9 Å². The Labute approximate surface area is 165 Å². The summed E-state index contributed by atoms with van der Waals surface area (Å²) in [5.41, 5.74) is 1.52. The molecule has 1 N–H and O–H groups in total. The number of aromatic nitrogens is 3. The van der Waals surface area contributed by atoms with Gasteiger partial charge in [-0.25, -0.2) is 0 Å². The number of hydrogen-bond acceptors (Lipinski definition) is 4. The number of nitrogens with zero attached hydrogens (tertiary/aromatic N) is 3. The zero-order valence-corrected chi connectivity index (χ0v) is 16.3. The first-order valence-corrected chi connectivity index (χ1v) is 9.69. The van der Waals surface area contributed by atoms with Crippen molar-refractivity contribution in [2.45, 2.75) is 18.6 Å². The van der Waals surface area contributed by atoms with Gasteiger partial charge in [-0.1, -0.05) is 47.1 Å². The first-order chi connectivity index (χ1) is 12.6. The smallest absolute Gasteiger partial charge is 0.234 e. The van der Waals surface area contributed by atoms with Crippen LogP contribution in [0, 0.1) is 0 Å². The molecule has 3 rings (SSSR count). The zero-order chi connectivity index (χ0) is 18.5. The third kappa shape index (κ3) is 4.38. The van der Waals surface area contributed by atoms with Crippen LogP contribution >= 0.6 is 35.0 Å². The highest BCUT2D eigenvalue weighted by molar-refractivity contribution is 7.99. The van der Waals surface area contributed by atoms with E-state index in [0.29, 0.717) is 27.4 Å². The van der Waals surface area contributed by atoms with Gasteiger partial charge in [-0.2, -0.15) is 0 Å². The molecular weight excluding hydrogens is 391 g/mol. The summed E-state index contributed by atoms with van der Waals surface area (Å²) < 4.78 is 1.97. The largest absolute Gasteiger partial charge is 0.324 e. The Morgan fingerprint density at radius 3 is 2.54 bits per heavy atom. The maximum absolute atomic E-state index is 12.2. The number of carbonyl (C=O) groups excluding carboxylic acids is 1. The van der Waals surface area contributed by atoms with Crippen molar-refractivity contribution in [2.24, 2.45) is 0 Å². The molecule has 0 fully saturated rings. The third-order valence-electron chi connectivity index (χ3n) is 3.62. The molecule has 5 nitrogen and oxygen atoms in total. The Hall–Kier alpha value is -2.02. The molecule has 1 aromatic heterocycles. The molecule has 0 aliphatic carbocycles. The van der Waals surface area contributed by atoms with Crippen molar-refractivity contribution in [3.05, 3.63) is 58.6 Å².